The Kier molecular flexibility index (Phi) is 7.48. The van der Waals surface area contributed by atoms with E-state index in [9.17, 15) is 13.8 Å². The molecule has 2 amide bonds. The highest BCUT2D eigenvalue weighted by Crippen LogP contribution is 1.81. The summed E-state index contributed by atoms with van der Waals surface area (Å²) in [5.74, 6) is -0.515. The van der Waals surface area contributed by atoms with Crippen LogP contribution in [0.25, 0.3) is 0 Å². The Morgan fingerprint density at radius 1 is 1.38 bits per heavy atom. The molecule has 0 heterocycles. The number of urea groups is 1. The second kappa shape index (κ2) is 8.05. The quantitative estimate of drug-likeness (QED) is 0.440. The predicted octanol–water partition coefficient (Wildman–Crippen LogP) is -1.50. The van der Waals surface area contributed by atoms with Crippen molar-refractivity contribution in [1.29, 1.82) is 0 Å². The summed E-state index contributed by atoms with van der Waals surface area (Å²) in [6.45, 7) is 1.66. The number of hydrogen-bond acceptors (Lipinski definition) is 4. The first-order chi connectivity index (χ1) is 7.47. The highest BCUT2D eigenvalue weighted by Gasteiger charge is 2.13. The fourth-order valence-electron chi connectivity index (χ4n) is 0.762. The zero-order valence-electron chi connectivity index (χ0n) is 8.93. The maximum atomic E-state index is 11.0. The molecule has 0 aliphatic rings. The summed E-state index contributed by atoms with van der Waals surface area (Å²) < 4.78 is 11.0. The number of aliphatic hydroxyl groups excluding tert-OH is 1. The molecule has 0 saturated carbocycles. The molecule has 0 aliphatic heterocycles. The molecule has 7 nitrogen and oxygen atoms in total. The Bertz CT molecular complexity index is 271. The molecule has 0 bridgehead atoms. The molecule has 1 unspecified atom stereocenters. The van der Waals surface area contributed by atoms with Crippen molar-refractivity contribution in [3.63, 3.8) is 0 Å². The van der Waals surface area contributed by atoms with Crippen LogP contribution >= 0.6 is 0 Å². The van der Waals surface area contributed by atoms with E-state index in [0.29, 0.717) is 11.5 Å². The number of aliphatic hydroxyl groups is 1. The first-order valence-electron chi connectivity index (χ1n) is 4.75. The second-order valence-corrected chi connectivity index (χ2v) is 4.79. The largest absolute Gasteiger partial charge is 0.479 e. The van der Waals surface area contributed by atoms with Crippen molar-refractivity contribution in [2.75, 3.05) is 24.6 Å². The molecule has 8 heteroatoms. The van der Waals surface area contributed by atoms with Crippen molar-refractivity contribution in [3.8, 4) is 0 Å². The van der Waals surface area contributed by atoms with Crippen molar-refractivity contribution in [2.24, 2.45) is 0 Å². The number of amides is 2. The summed E-state index contributed by atoms with van der Waals surface area (Å²) in [7, 11) is -0.949. The molecule has 0 aromatic rings. The zero-order chi connectivity index (χ0) is 12.6. The molecule has 0 aromatic carbocycles. The third-order valence-corrected chi connectivity index (χ3v) is 2.98. The Morgan fingerprint density at radius 2 is 2.00 bits per heavy atom. The Balaban J connectivity index is 3.60. The lowest BCUT2D eigenvalue weighted by Gasteiger charge is -2.08. The minimum absolute atomic E-state index is 0.245. The molecule has 0 spiro atoms. The molecule has 0 saturated heterocycles. The number of rotatable bonds is 7. The van der Waals surface area contributed by atoms with Crippen LogP contribution in [0.4, 0.5) is 4.79 Å². The van der Waals surface area contributed by atoms with Gasteiger partial charge in [-0.1, -0.05) is 6.92 Å². The first kappa shape index (κ1) is 14.8. The van der Waals surface area contributed by atoms with Gasteiger partial charge in [0.1, 0.15) is 0 Å². The number of hydrogen-bond donors (Lipinski definition) is 4. The first-order valence-corrected chi connectivity index (χ1v) is 6.23. The van der Waals surface area contributed by atoms with Gasteiger partial charge < -0.3 is 20.8 Å². The monoisotopic (exact) mass is 252 g/mol. The van der Waals surface area contributed by atoms with Gasteiger partial charge in [0.15, 0.2) is 6.10 Å². The summed E-state index contributed by atoms with van der Waals surface area (Å²) >= 11 is 0. The van der Waals surface area contributed by atoms with Crippen molar-refractivity contribution in [3.05, 3.63) is 0 Å². The van der Waals surface area contributed by atoms with Gasteiger partial charge in [0.25, 0.3) is 0 Å². The van der Waals surface area contributed by atoms with Gasteiger partial charge in [-0.2, -0.15) is 0 Å². The van der Waals surface area contributed by atoms with E-state index in [2.05, 4.69) is 10.6 Å². The average molecular weight is 252 g/mol. The van der Waals surface area contributed by atoms with Gasteiger partial charge in [-0.05, 0) is 0 Å². The maximum absolute atomic E-state index is 11.0. The van der Waals surface area contributed by atoms with Gasteiger partial charge in [0, 0.05) is 28.9 Å². The normalized spacial score (nSPS) is 13.9. The van der Waals surface area contributed by atoms with Crippen LogP contribution in [0.15, 0.2) is 0 Å². The molecular weight excluding hydrogens is 236 g/mol. The van der Waals surface area contributed by atoms with Crippen molar-refractivity contribution >= 4 is 22.8 Å². The summed E-state index contributed by atoms with van der Waals surface area (Å²) in [5.41, 5.74) is 0. The van der Waals surface area contributed by atoms with Crippen molar-refractivity contribution < 1.29 is 24.0 Å². The molecule has 16 heavy (non-hydrogen) atoms. The van der Waals surface area contributed by atoms with Crippen molar-refractivity contribution in [2.45, 2.75) is 13.0 Å². The topological polar surface area (TPSA) is 116 Å². The van der Waals surface area contributed by atoms with Crippen LogP contribution in [0.1, 0.15) is 6.92 Å². The summed E-state index contributed by atoms with van der Waals surface area (Å²) in [5, 5.41) is 21.7. The molecule has 2 atom stereocenters. The van der Waals surface area contributed by atoms with Crippen LogP contribution in [0.3, 0.4) is 0 Å². The smallest absolute Gasteiger partial charge is 0.334 e. The summed E-state index contributed by atoms with van der Waals surface area (Å²) in [6.07, 6.45) is -1.62. The SMILES string of the molecule is CCS(=O)CCNC(=O)NC[C@H](O)C(=O)O. The molecule has 0 fully saturated rings. The molecule has 0 rings (SSSR count). The lowest BCUT2D eigenvalue weighted by atomic mass is 10.4. The molecule has 94 valence electrons. The average Bonchev–Trinajstić information content (AvgIpc) is 2.25. The number of carbonyl (C=O) groups is 2. The Labute approximate surface area is 95.7 Å². The van der Waals surface area contributed by atoms with E-state index in [1.54, 1.807) is 6.92 Å². The Morgan fingerprint density at radius 3 is 2.50 bits per heavy atom. The van der Waals surface area contributed by atoms with Gasteiger partial charge in [-0.25, -0.2) is 9.59 Å². The van der Waals surface area contributed by atoms with Crippen LogP contribution in [0.2, 0.25) is 0 Å². The summed E-state index contributed by atoms with van der Waals surface area (Å²) in [4.78, 5) is 21.2. The fourth-order valence-corrected chi connectivity index (χ4v) is 1.38. The van der Waals surface area contributed by atoms with Crippen molar-refractivity contribution in [1.82, 2.24) is 10.6 Å². The minimum atomic E-state index is -1.62. The fraction of sp³-hybridized carbons (Fsp3) is 0.750. The summed E-state index contributed by atoms with van der Waals surface area (Å²) in [6, 6.07) is -0.589. The van der Waals surface area contributed by atoms with E-state index in [0.717, 1.165) is 0 Å². The van der Waals surface area contributed by atoms with Crippen LogP contribution in [-0.2, 0) is 15.6 Å². The number of aliphatic carboxylic acids is 1. The zero-order valence-corrected chi connectivity index (χ0v) is 9.75. The van der Waals surface area contributed by atoms with Gasteiger partial charge in [0.2, 0.25) is 0 Å². The number of nitrogens with one attached hydrogen (secondary N) is 2. The Hall–Kier alpha value is -1.15. The number of carboxylic acid groups (broad SMARTS) is 1. The number of carboxylic acids is 1. The lowest BCUT2D eigenvalue weighted by molar-refractivity contribution is -0.146. The predicted molar refractivity (Wildman–Crippen MR) is 58.6 cm³/mol. The highest BCUT2D eigenvalue weighted by molar-refractivity contribution is 7.84. The molecule has 4 N–H and O–H groups in total. The molecule has 0 radical (unpaired) electrons. The van der Waals surface area contributed by atoms with Crippen LogP contribution in [0, 0.1) is 0 Å². The maximum Gasteiger partial charge on any atom is 0.334 e. The second-order valence-electron chi connectivity index (χ2n) is 2.92. The molecule has 0 aromatic heterocycles. The third kappa shape index (κ3) is 7.18. The van der Waals surface area contributed by atoms with E-state index in [1.165, 1.54) is 0 Å². The number of carbonyl (C=O) groups excluding carboxylic acids is 1. The van der Waals surface area contributed by atoms with Crippen LogP contribution in [-0.4, -0.2) is 57.1 Å². The minimum Gasteiger partial charge on any atom is -0.479 e. The van der Waals surface area contributed by atoms with Gasteiger partial charge >= 0.3 is 12.0 Å². The molecule has 0 aliphatic carbocycles. The highest BCUT2D eigenvalue weighted by atomic mass is 32.2. The van der Waals surface area contributed by atoms with Crippen LogP contribution < -0.4 is 10.6 Å². The standard InChI is InChI=1S/C8H16N2O5S/c1-2-16(15)4-3-9-8(14)10-5-6(11)7(12)13/h6,11H,2-5H2,1H3,(H,12,13)(H2,9,10,14)/t6-,16?/m0/s1. The molecular formula is C8H16N2O5S. The van der Waals surface area contributed by atoms with Gasteiger partial charge in [-0.3, -0.25) is 4.21 Å². The van der Waals surface area contributed by atoms with E-state index >= 15 is 0 Å². The van der Waals surface area contributed by atoms with Gasteiger partial charge in [-0.15, -0.1) is 0 Å². The van der Waals surface area contributed by atoms with Gasteiger partial charge in [0.05, 0.1) is 6.54 Å². The third-order valence-electron chi connectivity index (χ3n) is 1.68. The van der Waals surface area contributed by atoms with E-state index in [4.69, 9.17) is 10.2 Å². The van der Waals surface area contributed by atoms with Crippen LogP contribution in [0.5, 0.6) is 0 Å². The lowest BCUT2D eigenvalue weighted by Crippen LogP contribution is -2.43. The van der Waals surface area contributed by atoms with E-state index < -0.39 is 28.9 Å². The van der Waals surface area contributed by atoms with E-state index in [-0.39, 0.29) is 13.1 Å². The van der Waals surface area contributed by atoms with E-state index in [1.807, 2.05) is 0 Å².